The zero-order valence-corrected chi connectivity index (χ0v) is 14.7. The second kappa shape index (κ2) is 8.03. The number of aromatic amines is 1. The van der Waals surface area contributed by atoms with Crippen molar-refractivity contribution in [1.82, 2.24) is 20.4 Å². The highest BCUT2D eigenvalue weighted by atomic mass is 35.5. The van der Waals surface area contributed by atoms with Gasteiger partial charge in [-0.15, -0.1) is 0 Å². The fraction of sp³-hybridized carbons (Fsp3) is 0.125. The van der Waals surface area contributed by atoms with Gasteiger partial charge in [0.15, 0.2) is 6.61 Å². The van der Waals surface area contributed by atoms with Gasteiger partial charge in [0.05, 0.1) is 11.6 Å². The molecule has 2 N–H and O–H groups in total. The lowest BCUT2D eigenvalue weighted by atomic mass is 10.2. The van der Waals surface area contributed by atoms with Gasteiger partial charge in [0, 0.05) is 22.8 Å². The maximum absolute atomic E-state index is 11.8. The van der Waals surface area contributed by atoms with Gasteiger partial charge in [0.2, 0.25) is 17.3 Å². The van der Waals surface area contributed by atoms with E-state index in [-0.39, 0.29) is 30.4 Å². The van der Waals surface area contributed by atoms with Crippen molar-refractivity contribution in [2.45, 2.75) is 6.54 Å². The number of carbonyl (C=O) groups excluding carboxylic acids is 1. The first-order valence-corrected chi connectivity index (χ1v) is 8.13. The quantitative estimate of drug-likeness (QED) is 0.664. The molecule has 0 aliphatic rings. The summed E-state index contributed by atoms with van der Waals surface area (Å²) in [7, 11) is 0. The summed E-state index contributed by atoms with van der Waals surface area (Å²) in [4.78, 5) is 29.7. The SMILES string of the molecule is O=C(COc1ccc(Cl)cc1Cl)NCc1nc(-c2cc[nH]c(=O)c2)no1. The molecule has 26 heavy (non-hydrogen) atoms. The largest absolute Gasteiger partial charge is 0.482 e. The standard InChI is InChI=1S/C16H12Cl2N4O4/c17-10-1-2-12(11(18)6-10)25-8-14(24)20-7-15-21-16(22-26-15)9-3-4-19-13(23)5-9/h1-6H,7-8H2,(H,19,23)(H,20,24). The summed E-state index contributed by atoms with van der Waals surface area (Å²) >= 11 is 11.7. The highest BCUT2D eigenvalue weighted by Gasteiger charge is 2.11. The fourth-order valence-corrected chi connectivity index (χ4v) is 2.45. The molecule has 2 heterocycles. The van der Waals surface area contributed by atoms with Gasteiger partial charge < -0.3 is 19.6 Å². The molecule has 2 aromatic heterocycles. The molecule has 10 heteroatoms. The number of pyridine rings is 1. The highest BCUT2D eigenvalue weighted by Crippen LogP contribution is 2.27. The van der Waals surface area contributed by atoms with Gasteiger partial charge in [-0.3, -0.25) is 9.59 Å². The molecule has 0 aliphatic carbocycles. The summed E-state index contributed by atoms with van der Waals surface area (Å²) in [5, 5.41) is 7.13. The smallest absolute Gasteiger partial charge is 0.258 e. The van der Waals surface area contributed by atoms with Crippen molar-refractivity contribution in [3.63, 3.8) is 0 Å². The highest BCUT2D eigenvalue weighted by molar-refractivity contribution is 6.35. The molecule has 8 nitrogen and oxygen atoms in total. The Morgan fingerprint density at radius 3 is 2.88 bits per heavy atom. The number of rotatable bonds is 6. The van der Waals surface area contributed by atoms with E-state index in [0.717, 1.165) is 0 Å². The number of halogens is 2. The van der Waals surface area contributed by atoms with Crippen molar-refractivity contribution in [3.05, 3.63) is 62.8 Å². The topological polar surface area (TPSA) is 110 Å². The summed E-state index contributed by atoms with van der Waals surface area (Å²) in [6, 6.07) is 7.68. The molecule has 0 unspecified atom stereocenters. The zero-order valence-electron chi connectivity index (χ0n) is 13.2. The van der Waals surface area contributed by atoms with Crippen LogP contribution in [-0.4, -0.2) is 27.6 Å². The number of hydrogen-bond donors (Lipinski definition) is 2. The van der Waals surface area contributed by atoms with Crippen molar-refractivity contribution in [2.24, 2.45) is 0 Å². The van der Waals surface area contributed by atoms with Crippen LogP contribution in [0.5, 0.6) is 5.75 Å². The summed E-state index contributed by atoms with van der Waals surface area (Å²) < 4.78 is 10.4. The third-order valence-corrected chi connectivity index (χ3v) is 3.72. The number of benzene rings is 1. The van der Waals surface area contributed by atoms with Crippen LogP contribution in [0.25, 0.3) is 11.4 Å². The van der Waals surface area contributed by atoms with Gasteiger partial charge >= 0.3 is 0 Å². The predicted molar refractivity (Wildman–Crippen MR) is 94.2 cm³/mol. The molecular weight excluding hydrogens is 383 g/mol. The Bertz CT molecular complexity index is 986. The Hall–Kier alpha value is -2.84. The van der Waals surface area contributed by atoms with Crippen LogP contribution >= 0.6 is 23.2 Å². The molecule has 3 rings (SSSR count). The van der Waals surface area contributed by atoms with E-state index in [1.165, 1.54) is 18.3 Å². The molecule has 0 aliphatic heterocycles. The molecule has 0 saturated heterocycles. The Kier molecular flexibility index (Phi) is 5.55. The Morgan fingerprint density at radius 1 is 1.27 bits per heavy atom. The second-order valence-corrected chi connectivity index (χ2v) is 5.94. The molecule has 0 fully saturated rings. The maximum atomic E-state index is 11.8. The Morgan fingerprint density at radius 2 is 2.12 bits per heavy atom. The number of hydrogen-bond acceptors (Lipinski definition) is 6. The van der Waals surface area contributed by atoms with Crippen molar-refractivity contribution >= 4 is 29.1 Å². The van der Waals surface area contributed by atoms with Gasteiger partial charge in [0.1, 0.15) is 5.75 Å². The minimum absolute atomic E-state index is 0.0206. The van der Waals surface area contributed by atoms with Crippen molar-refractivity contribution in [2.75, 3.05) is 6.61 Å². The predicted octanol–water partition coefficient (Wildman–Crippen LogP) is 2.43. The van der Waals surface area contributed by atoms with E-state index in [1.54, 1.807) is 18.2 Å². The lowest BCUT2D eigenvalue weighted by Gasteiger charge is -2.07. The molecular formula is C16H12Cl2N4O4. The molecule has 0 atom stereocenters. The zero-order chi connectivity index (χ0) is 18.5. The van der Waals surface area contributed by atoms with Crippen LogP contribution in [-0.2, 0) is 11.3 Å². The third-order valence-electron chi connectivity index (χ3n) is 3.19. The summed E-state index contributed by atoms with van der Waals surface area (Å²) in [6.45, 7) is -0.219. The molecule has 1 amide bonds. The molecule has 0 spiro atoms. The van der Waals surface area contributed by atoms with E-state index in [0.29, 0.717) is 21.4 Å². The van der Waals surface area contributed by atoms with Crippen LogP contribution in [0.15, 0.2) is 45.8 Å². The minimum Gasteiger partial charge on any atom is -0.482 e. The van der Waals surface area contributed by atoms with Crippen LogP contribution in [0.1, 0.15) is 5.89 Å². The lowest BCUT2D eigenvalue weighted by Crippen LogP contribution is -2.28. The van der Waals surface area contributed by atoms with Crippen molar-refractivity contribution in [3.8, 4) is 17.1 Å². The van der Waals surface area contributed by atoms with Crippen LogP contribution in [0, 0.1) is 0 Å². The number of aromatic nitrogens is 3. The number of amides is 1. The second-order valence-electron chi connectivity index (χ2n) is 5.09. The van der Waals surface area contributed by atoms with Crippen LogP contribution < -0.4 is 15.6 Å². The third kappa shape index (κ3) is 4.62. The fourth-order valence-electron chi connectivity index (χ4n) is 1.99. The first kappa shape index (κ1) is 18.0. The number of ether oxygens (including phenoxy) is 1. The molecule has 0 radical (unpaired) electrons. The Labute approximate surface area is 157 Å². The number of nitrogens with one attached hydrogen (secondary N) is 2. The monoisotopic (exact) mass is 394 g/mol. The van der Waals surface area contributed by atoms with Crippen molar-refractivity contribution < 1.29 is 14.1 Å². The van der Waals surface area contributed by atoms with Gasteiger partial charge in [0.25, 0.3) is 5.91 Å². The molecule has 1 aromatic carbocycles. The van der Waals surface area contributed by atoms with Gasteiger partial charge in [-0.1, -0.05) is 28.4 Å². The molecule has 134 valence electrons. The number of nitrogens with zero attached hydrogens (tertiary/aromatic N) is 2. The maximum Gasteiger partial charge on any atom is 0.258 e. The number of H-pyrrole nitrogens is 1. The average molecular weight is 395 g/mol. The minimum atomic E-state index is -0.396. The average Bonchev–Trinajstić information content (AvgIpc) is 3.08. The molecule has 0 saturated carbocycles. The van der Waals surface area contributed by atoms with Crippen molar-refractivity contribution in [1.29, 1.82) is 0 Å². The molecule has 0 bridgehead atoms. The summed E-state index contributed by atoms with van der Waals surface area (Å²) in [5.74, 6) is 0.398. The number of carbonyl (C=O) groups is 1. The van der Waals surface area contributed by atoms with E-state index in [2.05, 4.69) is 20.4 Å². The Balaban J connectivity index is 1.52. The first-order chi connectivity index (χ1) is 12.5. The van der Waals surface area contributed by atoms with E-state index in [4.69, 9.17) is 32.5 Å². The van der Waals surface area contributed by atoms with Crippen LogP contribution in [0.4, 0.5) is 0 Å². The van der Waals surface area contributed by atoms with Crippen LogP contribution in [0.3, 0.4) is 0 Å². The molecule has 3 aromatic rings. The van der Waals surface area contributed by atoms with E-state index in [1.807, 2.05) is 0 Å². The van der Waals surface area contributed by atoms with E-state index in [9.17, 15) is 9.59 Å². The van der Waals surface area contributed by atoms with Gasteiger partial charge in [-0.2, -0.15) is 4.98 Å². The summed E-state index contributed by atoms with van der Waals surface area (Å²) in [6.07, 6.45) is 1.48. The van der Waals surface area contributed by atoms with E-state index >= 15 is 0 Å². The summed E-state index contributed by atoms with van der Waals surface area (Å²) in [5.41, 5.74) is 0.232. The van der Waals surface area contributed by atoms with Gasteiger partial charge in [-0.25, -0.2) is 0 Å². The van der Waals surface area contributed by atoms with Gasteiger partial charge in [-0.05, 0) is 24.3 Å². The lowest BCUT2D eigenvalue weighted by molar-refractivity contribution is -0.123. The van der Waals surface area contributed by atoms with Crippen LogP contribution in [0.2, 0.25) is 10.0 Å². The van der Waals surface area contributed by atoms with E-state index < -0.39 is 5.91 Å². The normalized spacial score (nSPS) is 10.5. The first-order valence-electron chi connectivity index (χ1n) is 7.37.